The average molecular weight is 197 g/mol. The lowest BCUT2D eigenvalue weighted by atomic mass is 9.81. The third kappa shape index (κ3) is 1.98. The van der Waals surface area contributed by atoms with Crippen molar-refractivity contribution in [3.63, 3.8) is 0 Å². The highest BCUT2D eigenvalue weighted by Crippen LogP contribution is 2.25. The van der Waals surface area contributed by atoms with Gasteiger partial charge in [0, 0.05) is 22.9 Å². The van der Waals surface area contributed by atoms with Crippen molar-refractivity contribution in [1.82, 2.24) is 0 Å². The van der Waals surface area contributed by atoms with Gasteiger partial charge in [-0.3, -0.25) is 4.79 Å². The van der Waals surface area contributed by atoms with Crippen molar-refractivity contribution in [2.75, 3.05) is 6.54 Å². The summed E-state index contributed by atoms with van der Waals surface area (Å²) < 4.78 is 0. The van der Waals surface area contributed by atoms with Crippen LogP contribution in [0.25, 0.3) is 0 Å². The molecule has 3 heteroatoms. The Morgan fingerprint density at radius 3 is 2.77 bits per heavy atom. The largest absolute Gasteiger partial charge is 0.329 e. The standard InChI is InChI=1S/C10H15NOS/c1-3-10(2,7-11)9(12)8-4-5-13-6-8/h4-6H,3,7,11H2,1-2H3. The Hall–Kier alpha value is -0.670. The maximum Gasteiger partial charge on any atom is 0.170 e. The highest BCUT2D eigenvalue weighted by atomic mass is 32.1. The quantitative estimate of drug-likeness (QED) is 0.753. The van der Waals surface area contributed by atoms with Gasteiger partial charge in [-0.25, -0.2) is 0 Å². The van der Waals surface area contributed by atoms with Crippen LogP contribution in [0.15, 0.2) is 16.8 Å². The van der Waals surface area contributed by atoms with Crippen molar-refractivity contribution in [3.05, 3.63) is 22.4 Å². The minimum absolute atomic E-state index is 0.166. The van der Waals surface area contributed by atoms with Crippen molar-refractivity contribution >= 4 is 17.1 Å². The van der Waals surface area contributed by atoms with Crippen LogP contribution < -0.4 is 5.73 Å². The molecule has 1 aromatic rings. The lowest BCUT2D eigenvalue weighted by Gasteiger charge is -2.23. The zero-order valence-electron chi connectivity index (χ0n) is 8.04. The minimum Gasteiger partial charge on any atom is -0.329 e. The summed E-state index contributed by atoms with van der Waals surface area (Å²) in [6.45, 7) is 4.34. The molecule has 2 nitrogen and oxygen atoms in total. The summed E-state index contributed by atoms with van der Waals surface area (Å²) in [6, 6.07) is 1.86. The molecule has 0 aliphatic rings. The summed E-state index contributed by atoms with van der Waals surface area (Å²) >= 11 is 1.54. The second-order valence-corrected chi connectivity index (χ2v) is 4.24. The van der Waals surface area contributed by atoms with E-state index < -0.39 is 0 Å². The first kappa shape index (κ1) is 10.4. The molecule has 72 valence electrons. The van der Waals surface area contributed by atoms with E-state index in [9.17, 15) is 4.79 Å². The Labute approximate surface area is 82.8 Å². The second kappa shape index (κ2) is 4.03. The van der Waals surface area contributed by atoms with E-state index in [1.165, 1.54) is 0 Å². The van der Waals surface area contributed by atoms with Crippen LogP contribution in [0.1, 0.15) is 30.6 Å². The number of thiophene rings is 1. The smallest absolute Gasteiger partial charge is 0.170 e. The van der Waals surface area contributed by atoms with Crippen LogP contribution in [-0.2, 0) is 0 Å². The highest BCUT2D eigenvalue weighted by Gasteiger charge is 2.30. The van der Waals surface area contributed by atoms with Gasteiger partial charge in [-0.05, 0) is 17.9 Å². The molecule has 0 saturated heterocycles. The normalized spacial score (nSPS) is 15.3. The van der Waals surface area contributed by atoms with E-state index in [1.807, 2.05) is 30.7 Å². The van der Waals surface area contributed by atoms with Crippen LogP contribution in [0.5, 0.6) is 0 Å². The number of ketones is 1. The molecule has 0 saturated carbocycles. The first-order chi connectivity index (χ1) is 6.14. The maximum absolute atomic E-state index is 11.9. The molecular formula is C10H15NOS. The van der Waals surface area contributed by atoms with E-state index in [0.29, 0.717) is 6.54 Å². The predicted molar refractivity (Wildman–Crippen MR) is 56.1 cm³/mol. The van der Waals surface area contributed by atoms with Gasteiger partial charge in [-0.2, -0.15) is 11.3 Å². The van der Waals surface area contributed by atoms with Crippen LogP contribution in [-0.4, -0.2) is 12.3 Å². The van der Waals surface area contributed by atoms with Gasteiger partial charge in [0.05, 0.1) is 0 Å². The first-order valence-corrected chi connectivity index (χ1v) is 5.35. The van der Waals surface area contributed by atoms with E-state index in [-0.39, 0.29) is 11.2 Å². The number of rotatable bonds is 4. The third-order valence-electron chi connectivity index (χ3n) is 2.56. The fourth-order valence-corrected chi connectivity index (χ4v) is 1.78. The van der Waals surface area contributed by atoms with Gasteiger partial charge in [0.25, 0.3) is 0 Å². The Kier molecular flexibility index (Phi) is 3.22. The number of hydrogen-bond donors (Lipinski definition) is 1. The zero-order valence-corrected chi connectivity index (χ0v) is 8.86. The maximum atomic E-state index is 11.9. The molecule has 1 heterocycles. The van der Waals surface area contributed by atoms with Gasteiger partial charge in [0.1, 0.15) is 0 Å². The van der Waals surface area contributed by atoms with Crippen LogP contribution >= 0.6 is 11.3 Å². The third-order valence-corrected chi connectivity index (χ3v) is 3.25. The molecule has 1 unspecified atom stereocenters. The summed E-state index contributed by atoms with van der Waals surface area (Å²) in [7, 11) is 0. The van der Waals surface area contributed by atoms with Crippen LogP contribution in [0.2, 0.25) is 0 Å². The van der Waals surface area contributed by atoms with E-state index in [1.54, 1.807) is 11.3 Å². The Balaban J connectivity index is 2.89. The lowest BCUT2D eigenvalue weighted by molar-refractivity contribution is 0.0821. The number of nitrogens with two attached hydrogens (primary N) is 1. The van der Waals surface area contributed by atoms with Crippen molar-refractivity contribution in [1.29, 1.82) is 0 Å². The van der Waals surface area contributed by atoms with Gasteiger partial charge in [0.15, 0.2) is 5.78 Å². The van der Waals surface area contributed by atoms with Gasteiger partial charge in [-0.15, -0.1) is 0 Å². The molecule has 0 bridgehead atoms. The highest BCUT2D eigenvalue weighted by molar-refractivity contribution is 7.08. The van der Waals surface area contributed by atoms with Gasteiger partial charge in [0.2, 0.25) is 0 Å². The van der Waals surface area contributed by atoms with Crippen molar-refractivity contribution in [2.45, 2.75) is 20.3 Å². The summed E-state index contributed by atoms with van der Waals surface area (Å²) in [5, 5.41) is 3.80. The zero-order chi connectivity index (χ0) is 9.90. The molecule has 0 spiro atoms. The number of Topliss-reactive ketones (excluding diaryl/α,β-unsaturated/α-hetero) is 1. The summed E-state index contributed by atoms with van der Waals surface area (Å²) in [5.74, 6) is 0.166. The summed E-state index contributed by atoms with van der Waals surface area (Å²) in [4.78, 5) is 11.9. The van der Waals surface area contributed by atoms with E-state index >= 15 is 0 Å². The van der Waals surface area contributed by atoms with Crippen molar-refractivity contribution in [2.24, 2.45) is 11.1 Å². The monoisotopic (exact) mass is 197 g/mol. The fourth-order valence-electron chi connectivity index (χ4n) is 1.14. The molecular weight excluding hydrogens is 182 g/mol. The molecule has 1 aromatic heterocycles. The Bertz CT molecular complexity index is 275. The van der Waals surface area contributed by atoms with E-state index in [2.05, 4.69) is 0 Å². The van der Waals surface area contributed by atoms with E-state index in [0.717, 1.165) is 12.0 Å². The number of carbonyl (C=O) groups excluding carboxylic acids is 1. The predicted octanol–water partition coefficient (Wildman–Crippen LogP) is 2.31. The number of hydrogen-bond acceptors (Lipinski definition) is 3. The number of carbonyl (C=O) groups is 1. The van der Waals surface area contributed by atoms with Crippen molar-refractivity contribution in [3.8, 4) is 0 Å². The van der Waals surface area contributed by atoms with Gasteiger partial charge >= 0.3 is 0 Å². The van der Waals surface area contributed by atoms with Gasteiger partial charge in [-0.1, -0.05) is 13.8 Å². The SMILES string of the molecule is CCC(C)(CN)C(=O)c1ccsc1. The minimum atomic E-state index is -0.388. The van der Waals surface area contributed by atoms with Gasteiger partial charge < -0.3 is 5.73 Å². The summed E-state index contributed by atoms with van der Waals surface area (Å²) in [5.41, 5.74) is 6.01. The molecule has 1 rings (SSSR count). The molecule has 0 fully saturated rings. The first-order valence-electron chi connectivity index (χ1n) is 4.41. The average Bonchev–Trinajstić information content (AvgIpc) is 2.68. The van der Waals surface area contributed by atoms with Crippen molar-refractivity contribution < 1.29 is 4.79 Å². The fraction of sp³-hybridized carbons (Fsp3) is 0.500. The Morgan fingerprint density at radius 1 is 1.69 bits per heavy atom. The van der Waals surface area contributed by atoms with Crippen LogP contribution in [0, 0.1) is 5.41 Å². The van der Waals surface area contributed by atoms with Crippen LogP contribution in [0.4, 0.5) is 0 Å². The van der Waals surface area contributed by atoms with E-state index in [4.69, 9.17) is 5.73 Å². The Morgan fingerprint density at radius 2 is 2.38 bits per heavy atom. The molecule has 0 aromatic carbocycles. The molecule has 0 aliphatic carbocycles. The lowest BCUT2D eigenvalue weighted by Crippen LogP contribution is -2.35. The second-order valence-electron chi connectivity index (χ2n) is 3.46. The topological polar surface area (TPSA) is 43.1 Å². The van der Waals surface area contributed by atoms with Crippen LogP contribution in [0.3, 0.4) is 0 Å². The summed E-state index contributed by atoms with van der Waals surface area (Å²) in [6.07, 6.45) is 0.790. The molecule has 13 heavy (non-hydrogen) atoms. The molecule has 0 radical (unpaired) electrons. The molecule has 2 N–H and O–H groups in total. The molecule has 1 atom stereocenters. The molecule has 0 amide bonds. The molecule has 0 aliphatic heterocycles.